The molecule has 0 radical (unpaired) electrons. The van der Waals surface area contributed by atoms with E-state index in [2.05, 4.69) is 33.4 Å². The van der Waals surface area contributed by atoms with E-state index in [1.807, 2.05) is 30.3 Å². The highest BCUT2D eigenvalue weighted by Crippen LogP contribution is 2.34. The molecule has 7 heteroatoms. The van der Waals surface area contributed by atoms with Gasteiger partial charge in [0.25, 0.3) is 0 Å². The second-order valence-corrected chi connectivity index (χ2v) is 8.59. The fraction of sp³-hybridized carbons (Fsp3) is 0.250. The highest BCUT2D eigenvalue weighted by Gasteiger charge is 2.12. The molecule has 0 atom stereocenters. The molecule has 164 valence electrons. The fourth-order valence-corrected chi connectivity index (χ4v) is 3.95. The van der Waals surface area contributed by atoms with Crippen LogP contribution in [0.4, 0.5) is 0 Å². The van der Waals surface area contributed by atoms with Gasteiger partial charge in [-0.3, -0.25) is 0 Å². The first-order valence-electron chi connectivity index (χ1n) is 9.77. The molecule has 0 aliphatic heterocycles. The van der Waals surface area contributed by atoms with E-state index in [1.165, 1.54) is 5.56 Å². The minimum absolute atomic E-state index is 0.318. The number of benzene rings is 3. The molecule has 0 amide bonds. The Balaban J connectivity index is 1.57. The maximum absolute atomic E-state index is 6.24. The fourth-order valence-electron chi connectivity index (χ4n) is 3.03. The maximum atomic E-state index is 6.24. The molecule has 0 aliphatic carbocycles. The number of halogens is 3. The summed E-state index contributed by atoms with van der Waals surface area (Å²) in [5, 5.41) is 4.64. The SMILES string of the molecule is COc1ccc(CCNCc2cc(OC)c(OCc3ccc(Cl)cc3Cl)cc2Br)cc1. The van der Waals surface area contributed by atoms with Gasteiger partial charge < -0.3 is 19.5 Å². The first-order chi connectivity index (χ1) is 15.0. The third-order valence-electron chi connectivity index (χ3n) is 4.80. The summed E-state index contributed by atoms with van der Waals surface area (Å²) in [4.78, 5) is 0. The molecule has 31 heavy (non-hydrogen) atoms. The Morgan fingerprint density at radius 1 is 0.871 bits per heavy atom. The molecule has 1 N–H and O–H groups in total. The maximum Gasteiger partial charge on any atom is 0.162 e. The van der Waals surface area contributed by atoms with E-state index in [9.17, 15) is 0 Å². The van der Waals surface area contributed by atoms with Crippen LogP contribution in [-0.2, 0) is 19.6 Å². The van der Waals surface area contributed by atoms with Gasteiger partial charge in [0.15, 0.2) is 11.5 Å². The van der Waals surface area contributed by atoms with Gasteiger partial charge in [0, 0.05) is 26.6 Å². The zero-order valence-electron chi connectivity index (χ0n) is 17.4. The molecule has 0 spiro atoms. The van der Waals surface area contributed by atoms with Crippen LogP contribution in [0.5, 0.6) is 17.2 Å². The Bertz CT molecular complexity index is 1010. The van der Waals surface area contributed by atoms with E-state index in [4.69, 9.17) is 37.4 Å². The van der Waals surface area contributed by atoms with Crippen molar-refractivity contribution in [2.75, 3.05) is 20.8 Å². The number of rotatable bonds is 10. The van der Waals surface area contributed by atoms with Crippen molar-refractivity contribution in [1.29, 1.82) is 0 Å². The summed E-state index contributed by atoms with van der Waals surface area (Å²) in [6.07, 6.45) is 0.932. The minimum Gasteiger partial charge on any atom is -0.497 e. The largest absolute Gasteiger partial charge is 0.497 e. The van der Waals surface area contributed by atoms with Crippen LogP contribution < -0.4 is 19.5 Å². The molecular weight excluding hydrogens is 501 g/mol. The first-order valence-corrected chi connectivity index (χ1v) is 11.3. The molecule has 0 aliphatic rings. The van der Waals surface area contributed by atoms with Crippen LogP contribution in [0.25, 0.3) is 0 Å². The lowest BCUT2D eigenvalue weighted by Gasteiger charge is -2.15. The number of hydrogen-bond acceptors (Lipinski definition) is 4. The summed E-state index contributed by atoms with van der Waals surface area (Å²) in [5.74, 6) is 2.18. The van der Waals surface area contributed by atoms with Crippen molar-refractivity contribution in [2.45, 2.75) is 19.6 Å². The van der Waals surface area contributed by atoms with Gasteiger partial charge in [0.2, 0.25) is 0 Å². The zero-order valence-corrected chi connectivity index (χ0v) is 20.5. The van der Waals surface area contributed by atoms with Crippen LogP contribution in [0, 0.1) is 0 Å². The van der Waals surface area contributed by atoms with Crippen molar-refractivity contribution in [3.8, 4) is 17.2 Å². The van der Waals surface area contributed by atoms with Crippen molar-refractivity contribution in [1.82, 2.24) is 5.32 Å². The van der Waals surface area contributed by atoms with Crippen LogP contribution in [0.1, 0.15) is 16.7 Å². The molecule has 0 heterocycles. The lowest BCUT2D eigenvalue weighted by molar-refractivity contribution is 0.284. The standard InChI is InChI=1S/C24H24BrCl2NO3/c1-29-20-7-3-16(4-8-20)9-10-28-14-18-11-23(30-2)24(13-21(18)25)31-15-17-5-6-19(26)12-22(17)27/h3-8,11-13,28H,9-10,14-15H2,1-2H3. The van der Waals surface area contributed by atoms with Crippen LogP contribution >= 0.6 is 39.1 Å². The van der Waals surface area contributed by atoms with Gasteiger partial charge in [0.05, 0.1) is 14.2 Å². The second-order valence-electron chi connectivity index (χ2n) is 6.89. The smallest absolute Gasteiger partial charge is 0.162 e. The van der Waals surface area contributed by atoms with E-state index in [0.29, 0.717) is 34.7 Å². The molecule has 0 saturated heterocycles. The van der Waals surface area contributed by atoms with Gasteiger partial charge in [-0.25, -0.2) is 0 Å². The molecule has 3 aromatic carbocycles. The Morgan fingerprint density at radius 2 is 1.65 bits per heavy atom. The zero-order chi connectivity index (χ0) is 22.2. The van der Waals surface area contributed by atoms with Crippen molar-refractivity contribution in [3.05, 3.63) is 85.8 Å². The first kappa shape index (κ1) is 23.7. The molecule has 0 unspecified atom stereocenters. The number of ether oxygens (including phenoxy) is 3. The predicted octanol–water partition coefficient (Wildman–Crippen LogP) is 6.68. The molecule has 4 nitrogen and oxygen atoms in total. The van der Waals surface area contributed by atoms with Crippen LogP contribution in [-0.4, -0.2) is 20.8 Å². The second kappa shape index (κ2) is 11.6. The Hall–Kier alpha value is -1.92. The summed E-state index contributed by atoms with van der Waals surface area (Å²) >= 11 is 15.8. The average Bonchev–Trinajstić information content (AvgIpc) is 2.77. The number of hydrogen-bond donors (Lipinski definition) is 1. The quantitative estimate of drug-likeness (QED) is 0.300. The van der Waals surface area contributed by atoms with Crippen molar-refractivity contribution >= 4 is 39.1 Å². The summed E-state index contributed by atoms with van der Waals surface area (Å²) < 4.78 is 17.6. The Labute approximate surface area is 201 Å². The lowest BCUT2D eigenvalue weighted by atomic mass is 10.1. The molecular formula is C24H24BrCl2NO3. The number of methoxy groups -OCH3 is 2. The highest BCUT2D eigenvalue weighted by atomic mass is 79.9. The van der Waals surface area contributed by atoms with Gasteiger partial charge in [-0.15, -0.1) is 0 Å². The van der Waals surface area contributed by atoms with Gasteiger partial charge in [0.1, 0.15) is 12.4 Å². The van der Waals surface area contributed by atoms with E-state index in [1.54, 1.807) is 26.4 Å². The normalized spacial score (nSPS) is 10.7. The topological polar surface area (TPSA) is 39.7 Å². The van der Waals surface area contributed by atoms with Gasteiger partial charge in [-0.05, 0) is 60.5 Å². The third kappa shape index (κ3) is 6.78. The summed E-state index contributed by atoms with van der Waals surface area (Å²) in [6.45, 7) is 1.88. The molecule has 3 rings (SSSR count). The predicted molar refractivity (Wildman–Crippen MR) is 130 cm³/mol. The van der Waals surface area contributed by atoms with Gasteiger partial charge in [-0.2, -0.15) is 0 Å². The summed E-state index contributed by atoms with van der Waals surface area (Å²) in [5.41, 5.74) is 3.20. The van der Waals surface area contributed by atoms with Crippen molar-refractivity contribution in [2.24, 2.45) is 0 Å². The molecule has 0 bridgehead atoms. The van der Waals surface area contributed by atoms with E-state index < -0.39 is 0 Å². The van der Waals surface area contributed by atoms with Gasteiger partial charge >= 0.3 is 0 Å². The summed E-state index contributed by atoms with van der Waals surface area (Å²) in [7, 11) is 3.30. The van der Waals surface area contributed by atoms with Crippen molar-refractivity contribution < 1.29 is 14.2 Å². The Morgan fingerprint density at radius 3 is 2.32 bits per heavy atom. The van der Waals surface area contributed by atoms with E-state index in [-0.39, 0.29) is 0 Å². The number of nitrogens with one attached hydrogen (secondary N) is 1. The average molecular weight is 525 g/mol. The third-order valence-corrected chi connectivity index (χ3v) is 6.12. The molecule has 0 saturated carbocycles. The summed E-state index contributed by atoms with van der Waals surface area (Å²) in [6, 6.07) is 17.4. The van der Waals surface area contributed by atoms with E-state index >= 15 is 0 Å². The van der Waals surface area contributed by atoms with Crippen LogP contribution in [0.2, 0.25) is 10.0 Å². The van der Waals surface area contributed by atoms with E-state index in [0.717, 1.165) is 34.3 Å². The molecule has 0 aromatic heterocycles. The Kier molecular flexibility index (Phi) is 8.90. The highest BCUT2D eigenvalue weighted by molar-refractivity contribution is 9.10. The van der Waals surface area contributed by atoms with Gasteiger partial charge in [-0.1, -0.05) is 57.3 Å². The monoisotopic (exact) mass is 523 g/mol. The van der Waals surface area contributed by atoms with Crippen LogP contribution in [0.15, 0.2) is 59.1 Å². The lowest BCUT2D eigenvalue weighted by Crippen LogP contribution is -2.17. The molecule has 3 aromatic rings. The van der Waals surface area contributed by atoms with Crippen molar-refractivity contribution in [3.63, 3.8) is 0 Å². The minimum atomic E-state index is 0.318. The van der Waals surface area contributed by atoms with Crippen LogP contribution in [0.3, 0.4) is 0 Å². The molecule has 0 fully saturated rings.